The quantitative estimate of drug-likeness (QED) is 0.699. The molecule has 0 bridgehead atoms. The average molecular weight is 235 g/mol. The standard InChI is InChI=1S/C15H25NO/c1-13(2)15(16)11-7-4-8-12-17-14-9-5-3-6-10-14/h3,5-6,9-10,13,15H,4,7-8,11-12,16H2,1-2H3. The van der Waals surface area contributed by atoms with Gasteiger partial charge < -0.3 is 10.5 Å². The molecule has 17 heavy (non-hydrogen) atoms. The molecule has 1 unspecified atom stereocenters. The summed E-state index contributed by atoms with van der Waals surface area (Å²) in [4.78, 5) is 0. The maximum atomic E-state index is 5.99. The lowest BCUT2D eigenvalue weighted by Crippen LogP contribution is -2.25. The molecule has 0 aromatic heterocycles. The fraction of sp³-hybridized carbons (Fsp3) is 0.600. The largest absolute Gasteiger partial charge is 0.494 e. The normalized spacial score (nSPS) is 12.7. The molecule has 0 saturated heterocycles. The summed E-state index contributed by atoms with van der Waals surface area (Å²) in [6.07, 6.45) is 4.65. The summed E-state index contributed by atoms with van der Waals surface area (Å²) in [7, 11) is 0. The minimum absolute atomic E-state index is 0.352. The summed E-state index contributed by atoms with van der Waals surface area (Å²) in [5, 5.41) is 0. The van der Waals surface area contributed by atoms with Gasteiger partial charge in [0.2, 0.25) is 0 Å². The predicted octanol–water partition coefficient (Wildman–Crippen LogP) is 3.61. The van der Waals surface area contributed by atoms with Crippen LogP contribution in [0.4, 0.5) is 0 Å². The van der Waals surface area contributed by atoms with Crippen molar-refractivity contribution in [2.75, 3.05) is 6.61 Å². The summed E-state index contributed by atoms with van der Waals surface area (Å²) in [6.45, 7) is 5.17. The van der Waals surface area contributed by atoms with Crippen molar-refractivity contribution in [2.24, 2.45) is 11.7 Å². The van der Waals surface area contributed by atoms with Crippen LogP contribution in [0.15, 0.2) is 30.3 Å². The highest BCUT2D eigenvalue weighted by molar-refractivity contribution is 5.20. The van der Waals surface area contributed by atoms with Crippen LogP contribution in [0, 0.1) is 5.92 Å². The smallest absolute Gasteiger partial charge is 0.119 e. The molecular weight excluding hydrogens is 210 g/mol. The second kappa shape index (κ2) is 8.13. The van der Waals surface area contributed by atoms with Gasteiger partial charge >= 0.3 is 0 Å². The van der Waals surface area contributed by atoms with Crippen LogP contribution in [0.2, 0.25) is 0 Å². The number of nitrogens with two attached hydrogens (primary N) is 1. The van der Waals surface area contributed by atoms with Crippen molar-refractivity contribution in [2.45, 2.75) is 45.6 Å². The summed E-state index contributed by atoms with van der Waals surface area (Å²) < 4.78 is 5.63. The van der Waals surface area contributed by atoms with E-state index in [1.807, 2.05) is 30.3 Å². The molecule has 0 aliphatic rings. The fourth-order valence-electron chi connectivity index (χ4n) is 1.70. The first-order valence-electron chi connectivity index (χ1n) is 6.63. The zero-order chi connectivity index (χ0) is 12.5. The van der Waals surface area contributed by atoms with Gasteiger partial charge in [0, 0.05) is 6.04 Å². The maximum Gasteiger partial charge on any atom is 0.119 e. The van der Waals surface area contributed by atoms with Gasteiger partial charge in [-0.15, -0.1) is 0 Å². The summed E-state index contributed by atoms with van der Waals surface area (Å²) in [5.41, 5.74) is 5.99. The van der Waals surface area contributed by atoms with Crippen LogP contribution < -0.4 is 10.5 Å². The molecule has 0 heterocycles. The van der Waals surface area contributed by atoms with Crippen molar-refractivity contribution in [1.29, 1.82) is 0 Å². The highest BCUT2D eigenvalue weighted by atomic mass is 16.5. The number of rotatable bonds is 8. The molecule has 0 fully saturated rings. The third-order valence-corrected chi connectivity index (χ3v) is 3.05. The number of hydrogen-bond acceptors (Lipinski definition) is 2. The van der Waals surface area contributed by atoms with E-state index >= 15 is 0 Å². The van der Waals surface area contributed by atoms with Crippen molar-refractivity contribution in [3.63, 3.8) is 0 Å². The van der Waals surface area contributed by atoms with Crippen molar-refractivity contribution in [3.8, 4) is 5.75 Å². The molecule has 0 radical (unpaired) electrons. The van der Waals surface area contributed by atoms with Crippen LogP contribution in [0.1, 0.15) is 39.5 Å². The van der Waals surface area contributed by atoms with Gasteiger partial charge in [0.1, 0.15) is 5.75 Å². The zero-order valence-electron chi connectivity index (χ0n) is 11.1. The molecule has 1 aromatic carbocycles. The van der Waals surface area contributed by atoms with Crippen LogP contribution in [-0.2, 0) is 0 Å². The van der Waals surface area contributed by atoms with E-state index in [9.17, 15) is 0 Å². The second-order valence-electron chi connectivity index (χ2n) is 4.92. The van der Waals surface area contributed by atoms with E-state index in [2.05, 4.69) is 13.8 Å². The Morgan fingerprint density at radius 3 is 2.41 bits per heavy atom. The Balaban J connectivity index is 1.98. The molecule has 1 rings (SSSR count). The Morgan fingerprint density at radius 2 is 1.76 bits per heavy atom. The second-order valence-corrected chi connectivity index (χ2v) is 4.92. The van der Waals surface area contributed by atoms with E-state index in [0.717, 1.165) is 25.2 Å². The number of unbranched alkanes of at least 4 members (excludes halogenated alkanes) is 2. The lowest BCUT2D eigenvalue weighted by molar-refractivity contribution is 0.302. The van der Waals surface area contributed by atoms with E-state index < -0.39 is 0 Å². The highest BCUT2D eigenvalue weighted by Crippen LogP contribution is 2.11. The third-order valence-electron chi connectivity index (χ3n) is 3.05. The van der Waals surface area contributed by atoms with Gasteiger partial charge in [-0.1, -0.05) is 44.9 Å². The third kappa shape index (κ3) is 6.32. The van der Waals surface area contributed by atoms with E-state index in [4.69, 9.17) is 10.5 Å². The molecule has 0 amide bonds. The minimum Gasteiger partial charge on any atom is -0.494 e. The first kappa shape index (κ1) is 14.0. The van der Waals surface area contributed by atoms with E-state index in [1.54, 1.807) is 0 Å². The van der Waals surface area contributed by atoms with Gasteiger partial charge in [0.05, 0.1) is 6.61 Å². The van der Waals surface area contributed by atoms with Gasteiger partial charge in [-0.3, -0.25) is 0 Å². The van der Waals surface area contributed by atoms with Crippen LogP contribution >= 0.6 is 0 Å². The molecule has 0 aliphatic heterocycles. The Morgan fingerprint density at radius 1 is 1.06 bits per heavy atom. The molecule has 2 nitrogen and oxygen atoms in total. The van der Waals surface area contributed by atoms with Gasteiger partial charge in [-0.25, -0.2) is 0 Å². The van der Waals surface area contributed by atoms with Crippen molar-refractivity contribution < 1.29 is 4.74 Å². The Labute approximate surface area is 105 Å². The lowest BCUT2D eigenvalue weighted by Gasteiger charge is -2.14. The first-order chi connectivity index (χ1) is 8.20. The Hall–Kier alpha value is -1.02. The van der Waals surface area contributed by atoms with Gasteiger partial charge in [-0.2, -0.15) is 0 Å². The maximum absolute atomic E-state index is 5.99. The minimum atomic E-state index is 0.352. The Kier molecular flexibility index (Phi) is 6.71. The topological polar surface area (TPSA) is 35.2 Å². The molecular formula is C15H25NO. The highest BCUT2D eigenvalue weighted by Gasteiger charge is 2.06. The zero-order valence-corrected chi connectivity index (χ0v) is 11.1. The number of ether oxygens (including phenoxy) is 1. The molecule has 2 heteroatoms. The Bertz CT molecular complexity index is 284. The van der Waals surface area contributed by atoms with Gasteiger partial charge in [-0.05, 0) is 30.9 Å². The monoisotopic (exact) mass is 235 g/mol. The van der Waals surface area contributed by atoms with Gasteiger partial charge in [0.25, 0.3) is 0 Å². The number of para-hydroxylation sites is 1. The SMILES string of the molecule is CC(C)C(N)CCCCCOc1ccccc1. The van der Waals surface area contributed by atoms with E-state index in [-0.39, 0.29) is 0 Å². The van der Waals surface area contributed by atoms with Crippen molar-refractivity contribution >= 4 is 0 Å². The van der Waals surface area contributed by atoms with Crippen molar-refractivity contribution in [1.82, 2.24) is 0 Å². The fourth-order valence-corrected chi connectivity index (χ4v) is 1.70. The van der Waals surface area contributed by atoms with Crippen LogP contribution in [-0.4, -0.2) is 12.6 Å². The van der Waals surface area contributed by atoms with E-state index in [0.29, 0.717) is 12.0 Å². The lowest BCUT2D eigenvalue weighted by atomic mass is 9.99. The van der Waals surface area contributed by atoms with Gasteiger partial charge in [0.15, 0.2) is 0 Å². The molecule has 0 aliphatic carbocycles. The van der Waals surface area contributed by atoms with Crippen LogP contribution in [0.3, 0.4) is 0 Å². The van der Waals surface area contributed by atoms with Crippen LogP contribution in [0.5, 0.6) is 5.75 Å². The molecule has 0 spiro atoms. The summed E-state index contributed by atoms with van der Waals surface area (Å²) >= 11 is 0. The first-order valence-corrected chi connectivity index (χ1v) is 6.63. The molecule has 2 N–H and O–H groups in total. The molecule has 0 saturated carbocycles. The number of benzene rings is 1. The average Bonchev–Trinajstić information content (AvgIpc) is 2.34. The predicted molar refractivity (Wildman–Crippen MR) is 73.2 cm³/mol. The van der Waals surface area contributed by atoms with Crippen LogP contribution in [0.25, 0.3) is 0 Å². The summed E-state index contributed by atoms with van der Waals surface area (Å²) in [5.74, 6) is 1.56. The molecule has 96 valence electrons. The summed E-state index contributed by atoms with van der Waals surface area (Å²) in [6, 6.07) is 10.3. The molecule has 1 aromatic rings. The molecule has 1 atom stereocenters. The van der Waals surface area contributed by atoms with Crippen molar-refractivity contribution in [3.05, 3.63) is 30.3 Å². The number of hydrogen-bond donors (Lipinski definition) is 1. The van der Waals surface area contributed by atoms with E-state index in [1.165, 1.54) is 12.8 Å².